The van der Waals surface area contributed by atoms with E-state index in [2.05, 4.69) is 16.4 Å². The van der Waals surface area contributed by atoms with E-state index >= 15 is 0 Å². The van der Waals surface area contributed by atoms with Gasteiger partial charge in [-0.1, -0.05) is 12.0 Å². The SMILES string of the molecule is C#CCOc1c(C=NNC(N)=O)cccc1OC. The van der Waals surface area contributed by atoms with Crippen molar-refractivity contribution in [2.75, 3.05) is 13.7 Å². The Kier molecular flexibility index (Phi) is 5.06. The molecular formula is C12H13N3O3. The second-order valence-corrected chi connectivity index (χ2v) is 3.11. The number of hydrazone groups is 1. The van der Waals surface area contributed by atoms with Crippen molar-refractivity contribution in [1.29, 1.82) is 0 Å². The molecule has 0 radical (unpaired) electrons. The van der Waals surface area contributed by atoms with Gasteiger partial charge >= 0.3 is 6.03 Å². The van der Waals surface area contributed by atoms with Crippen molar-refractivity contribution in [1.82, 2.24) is 5.43 Å². The van der Waals surface area contributed by atoms with Gasteiger partial charge in [-0.05, 0) is 12.1 Å². The number of nitrogens with one attached hydrogen (secondary N) is 1. The number of nitrogens with zero attached hydrogens (tertiary/aromatic N) is 1. The number of hydrogen-bond donors (Lipinski definition) is 2. The summed E-state index contributed by atoms with van der Waals surface area (Å²) in [5, 5.41) is 3.65. The molecule has 0 aliphatic heterocycles. The van der Waals surface area contributed by atoms with E-state index in [-0.39, 0.29) is 6.61 Å². The zero-order valence-electron chi connectivity index (χ0n) is 9.84. The third kappa shape index (κ3) is 3.72. The summed E-state index contributed by atoms with van der Waals surface area (Å²) < 4.78 is 10.5. The standard InChI is InChI=1S/C12H13N3O3/c1-3-7-18-11-9(8-14-15-12(13)16)5-4-6-10(11)17-2/h1,4-6,8H,7H2,2H3,(H3,13,15,16). The second kappa shape index (κ2) is 6.81. The Labute approximate surface area is 105 Å². The smallest absolute Gasteiger partial charge is 0.332 e. The van der Waals surface area contributed by atoms with Crippen LogP contribution in [-0.4, -0.2) is 26.0 Å². The van der Waals surface area contributed by atoms with Gasteiger partial charge in [-0.2, -0.15) is 5.10 Å². The molecule has 0 aliphatic rings. The fourth-order valence-corrected chi connectivity index (χ4v) is 1.23. The van der Waals surface area contributed by atoms with Gasteiger partial charge in [-0.15, -0.1) is 6.42 Å². The first-order valence-corrected chi connectivity index (χ1v) is 5.00. The van der Waals surface area contributed by atoms with Gasteiger partial charge < -0.3 is 15.2 Å². The van der Waals surface area contributed by atoms with Crippen LogP contribution >= 0.6 is 0 Å². The van der Waals surface area contributed by atoms with Crippen LogP contribution in [0.5, 0.6) is 11.5 Å². The van der Waals surface area contributed by atoms with Gasteiger partial charge in [0.2, 0.25) is 0 Å². The molecule has 0 unspecified atom stereocenters. The van der Waals surface area contributed by atoms with Crippen LogP contribution in [-0.2, 0) is 0 Å². The van der Waals surface area contributed by atoms with Crippen molar-refractivity contribution in [3.63, 3.8) is 0 Å². The molecule has 94 valence electrons. The zero-order valence-corrected chi connectivity index (χ0v) is 9.84. The quantitative estimate of drug-likeness (QED) is 0.456. The van der Waals surface area contributed by atoms with E-state index in [0.717, 1.165) is 0 Å². The van der Waals surface area contributed by atoms with Gasteiger partial charge in [-0.25, -0.2) is 10.2 Å². The molecule has 0 heterocycles. The van der Waals surface area contributed by atoms with Gasteiger partial charge in [0, 0.05) is 5.56 Å². The monoisotopic (exact) mass is 247 g/mol. The number of primary amides is 1. The lowest BCUT2D eigenvalue weighted by molar-refractivity contribution is 0.249. The van der Waals surface area contributed by atoms with E-state index < -0.39 is 6.03 Å². The predicted molar refractivity (Wildman–Crippen MR) is 67.6 cm³/mol. The number of terminal acetylenes is 1. The van der Waals surface area contributed by atoms with Gasteiger partial charge in [0.1, 0.15) is 6.61 Å². The van der Waals surface area contributed by atoms with Crippen LogP contribution in [0.3, 0.4) is 0 Å². The Hall–Kier alpha value is -2.68. The lowest BCUT2D eigenvalue weighted by atomic mass is 10.2. The predicted octanol–water partition coefficient (Wildman–Crippen LogP) is 0.709. The maximum Gasteiger partial charge on any atom is 0.332 e. The van der Waals surface area contributed by atoms with Crippen LogP contribution < -0.4 is 20.6 Å². The lowest BCUT2D eigenvalue weighted by Crippen LogP contribution is -2.24. The highest BCUT2D eigenvalue weighted by Crippen LogP contribution is 2.29. The normalized spacial score (nSPS) is 9.78. The number of carbonyl (C=O) groups excluding carboxylic acids is 1. The number of methoxy groups -OCH3 is 1. The van der Waals surface area contributed by atoms with Crippen LogP contribution in [0, 0.1) is 12.3 Å². The summed E-state index contributed by atoms with van der Waals surface area (Å²) in [5.74, 6) is 3.33. The fourth-order valence-electron chi connectivity index (χ4n) is 1.23. The van der Waals surface area contributed by atoms with Gasteiger partial charge in [0.05, 0.1) is 13.3 Å². The second-order valence-electron chi connectivity index (χ2n) is 3.11. The summed E-state index contributed by atoms with van der Waals surface area (Å²) >= 11 is 0. The summed E-state index contributed by atoms with van der Waals surface area (Å²) in [5.41, 5.74) is 7.58. The van der Waals surface area contributed by atoms with E-state index in [4.69, 9.17) is 21.6 Å². The highest BCUT2D eigenvalue weighted by Gasteiger charge is 2.08. The van der Waals surface area contributed by atoms with Crippen molar-refractivity contribution in [2.45, 2.75) is 0 Å². The third-order valence-electron chi connectivity index (χ3n) is 1.91. The number of nitrogens with two attached hydrogens (primary N) is 1. The lowest BCUT2D eigenvalue weighted by Gasteiger charge is -2.10. The number of hydrogen-bond acceptors (Lipinski definition) is 4. The van der Waals surface area contributed by atoms with Crippen molar-refractivity contribution in [3.05, 3.63) is 23.8 Å². The van der Waals surface area contributed by atoms with Gasteiger partial charge in [0.15, 0.2) is 11.5 Å². The Morgan fingerprint density at radius 2 is 2.44 bits per heavy atom. The van der Waals surface area contributed by atoms with Crippen molar-refractivity contribution in [2.24, 2.45) is 10.8 Å². The maximum absolute atomic E-state index is 10.5. The topological polar surface area (TPSA) is 85.9 Å². The minimum absolute atomic E-state index is 0.102. The molecular weight excluding hydrogens is 234 g/mol. The van der Waals surface area contributed by atoms with Crippen LogP contribution in [0.1, 0.15) is 5.56 Å². The largest absolute Gasteiger partial charge is 0.493 e. The Bertz CT molecular complexity index is 492. The van der Waals surface area contributed by atoms with Crippen LogP contribution in [0.15, 0.2) is 23.3 Å². The molecule has 0 saturated carbocycles. The number of urea groups is 1. The number of carbonyl (C=O) groups is 1. The van der Waals surface area contributed by atoms with Crippen molar-refractivity contribution in [3.8, 4) is 23.8 Å². The number of amides is 2. The molecule has 1 aromatic carbocycles. The Morgan fingerprint density at radius 1 is 1.67 bits per heavy atom. The molecule has 0 saturated heterocycles. The number of para-hydroxylation sites is 1. The van der Waals surface area contributed by atoms with Crippen LogP contribution in [0.2, 0.25) is 0 Å². The van der Waals surface area contributed by atoms with Gasteiger partial charge in [0.25, 0.3) is 0 Å². The molecule has 0 aliphatic carbocycles. The van der Waals surface area contributed by atoms with E-state index in [1.165, 1.54) is 13.3 Å². The van der Waals surface area contributed by atoms with E-state index in [1.807, 2.05) is 0 Å². The molecule has 0 atom stereocenters. The summed E-state index contributed by atoms with van der Waals surface area (Å²) in [4.78, 5) is 10.5. The zero-order chi connectivity index (χ0) is 13.4. The molecule has 0 aromatic heterocycles. The minimum atomic E-state index is -0.750. The molecule has 6 heteroatoms. The molecule has 0 bridgehead atoms. The van der Waals surface area contributed by atoms with E-state index in [1.54, 1.807) is 18.2 Å². The summed E-state index contributed by atoms with van der Waals surface area (Å²) in [6, 6.07) is 4.47. The molecule has 0 spiro atoms. The Morgan fingerprint density at radius 3 is 3.06 bits per heavy atom. The van der Waals surface area contributed by atoms with Crippen molar-refractivity contribution >= 4 is 12.2 Å². The summed E-state index contributed by atoms with van der Waals surface area (Å²) in [6.07, 6.45) is 6.52. The first kappa shape index (κ1) is 13.4. The first-order chi connectivity index (χ1) is 8.69. The third-order valence-corrected chi connectivity index (χ3v) is 1.91. The molecule has 3 N–H and O–H groups in total. The van der Waals surface area contributed by atoms with Crippen LogP contribution in [0.4, 0.5) is 4.79 Å². The molecule has 2 amide bonds. The molecule has 1 rings (SSSR count). The van der Waals surface area contributed by atoms with Gasteiger partial charge in [-0.3, -0.25) is 0 Å². The highest BCUT2D eigenvalue weighted by atomic mass is 16.5. The average Bonchev–Trinajstić information content (AvgIpc) is 2.36. The first-order valence-electron chi connectivity index (χ1n) is 5.00. The van der Waals surface area contributed by atoms with E-state index in [9.17, 15) is 4.79 Å². The molecule has 1 aromatic rings. The van der Waals surface area contributed by atoms with Crippen LogP contribution in [0.25, 0.3) is 0 Å². The minimum Gasteiger partial charge on any atom is -0.493 e. The average molecular weight is 247 g/mol. The number of ether oxygens (including phenoxy) is 2. The van der Waals surface area contributed by atoms with Crippen molar-refractivity contribution < 1.29 is 14.3 Å². The summed E-state index contributed by atoms with van der Waals surface area (Å²) in [7, 11) is 1.51. The fraction of sp³-hybridized carbons (Fsp3) is 0.167. The number of benzene rings is 1. The number of rotatable bonds is 5. The van der Waals surface area contributed by atoms with E-state index in [0.29, 0.717) is 17.1 Å². The Balaban J connectivity index is 2.98. The molecule has 0 fully saturated rings. The highest BCUT2D eigenvalue weighted by molar-refractivity contribution is 5.86. The maximum atomic E-state index is 10.5. The molecule has 18 heavy (non-hydrogen) atoms. The molecule has 6 nitrogen and oxygen atoms in total. The summed E-state index contributed by atoms with van der Waals surface area (Å²) in [6.45, 7) is 0.102.